The van der Waals surface area contributed by atoms with Crippen molar-refractivity contribution in [2.45, 2.75) is 26.9 Å². The molecular weight excluding hydrogens is 246 g/mol. The van der Waals surface area contributed by atoms with Gasteiger partial charge < -0.3 is 14.8 Å². The van der Waals surface area contributed by atoms with Crippen LogP contribution in [0.3, 0.4) is 0 Å². The molecule has 1 amide bonds. The molecule has 0 radical (unpaired) electrons. The van der Waals surface area contributed by atoms with E-state index in [1.54, 1.807) is 25.1 Å². The van der Waals surface area contributed by atoms with Gasteiger partial charge in [0.2, 0.25) is 0 Å². The van der Waals surface area contributed by atoms with Crippen LogP contribution in [-0.4, -0.2) is 31.4 Å². The molecule has 19 heavy (non-hydrogen) atoms. The molecule has 0 aliphatic carbocycles. The fourth-order valence-electron chi connectivity index (χ4n) is 1.53. The fraction of sp³-hybridized carbons (Fsp3) is 0.429. The molecule has 0 aliphatic rings. The van der Waals surface area contributed by atoms with Gasteiger partial charge in [0.25, 0.3) is 5.91 Å². The smallest absolute Gasteiger partial charge is 0.260 e. The Bertz CT molecular complexity index is 445. The van der Waals surface area contributed by atoms with Crippen molar-refractivity contribution in [2.75, 3.05) is 13.2 Å². The fourth-order valence-corrected chi connectivity index (χ4v) is 1.53. The summed E-state index contributed by atoms with van der Waals surface area (Å²) in [5, 5.41) is 2.68. The van der Waals surface area contributed by atoms with Gasteiger partial charge in [-0.15, -0.1) is 0 Å². The third kappa shape index (κ3) is 4.28. The van der Waals surface area contributed by atoms with Crippen LogP contribution in [0.4, 0.5) is 0 Å². The highest BCUT2D eigenvalue weighted by molar-refractivity contribution is 5.81. The normalized spacial score (nSPS) is 11.5. The molecule has 1 aromatic rings. The lowest BCUT2D eigenvalue weighted by Crippen LogP contribution is -2.36. The number of hydrogen-bond donors (Lipinski definition) is 1. The Morgan fingerprint density at radius 1 is 1.37 bits per heavy atom. The van der Waals surface area contributed by atoms with Crippen molar-refractivity contribution in [1.29, 1.82) is 0 Å². The first kappa shape index (κ1) is 15.0. The Morgan fingerprint density at radius 3 is 2.68 bits per heavy atom. The molecule has 0 heterocycles. The van der Waals surface area contributed by atoms with E-state index in [1.807, 2.05) is 13.8 Å². The summed E-state index contributed by atoms with van der Waals surface area (Å²) < 4.78 is 11.0. The van der Waals surface area contributed by atoms with E-state index in [0.717, 1.165) is 6.29 Å². The predicted octanol–water partition coefficient (Wildman–Crippen LogP) is 1.80. The Hall–Kier alpha value is -2.04. The summed E-state index contributed by atoms with van der Waals surface area (Å²) in [6, 6.07) is 4.84. The maximum absolute atomic E-state index is 11.6. The molecule has 1 N–H and O–H groups in total. The van der Waals surface area contributed by atoms with E-state index < -0.39 is 6.10 Å². The molecule has 1 atom stereocenters. The minimum Gasteiger partial charge on any atom is -0.490 e. The van der Waals surface area contributed by atoms with Crippen LogP contribution < -0.4 is 14.8 Å². The standard InChI is InChI=1S/C14H19NO4/c1-4-15-14(17)10(3)19-12-7-6-11(9-16)8-13(12)18-5-2/h6-10H,4-5H2,1-3H3,(H,15,17)/t10-/m0/s1. The van der Waals surface area contributed by atoms with Crippen molar-refractivity contribution >= 4 is 12.2 Å². The van der Waals surface area contributed by atoms with Gasteiger partial charge in [0.05, 0.1) is 6.61 Å². The van der Waals surface area contributed by atoms with Crippen LogP contribution in [-0.2, 0) is 4.79 Å². The number of hydrogen-bond acceptors (Lipinski definition) is 4. The average Bonchev–Trinajstić information content (AvgIpc) is 2.41. The van der Waals surface area contributed by atoms with Crippen molar-refractivity contribution in [3.8, 4) is 11.5 Å². The first-order valence-corrected chi connectivity index (χ1v) is 6.28. The summed E-state index contributed by atoms with van der Waals surface area (Å²) in [5.74, 6) is 0.721. The molecule has 0 unspecified atom stereocenters. The van der Waals surface area contributed by atoms with E-state index in [9.17, 15) is 9.59 Å². The summed E-state index contributed by atoms with van der Waals surface area (Å²) >= 11 is 0. The summed E-state index contributed by atoms with van der Waals surface area (Å²) in [6.07, 6.45) is 0.112. The van der Waals surface area contributed by atoms with E-state index in [0.29, 0.717) is 30.2 Å². The van der Waals surface area contributed by atoms with Crippen LogP contribution in [0.2, 0.25) is 0 Å². The molecule has 0 aliphatic heterocycles. The summed E-state index contributed by atoms with van der Waals surface area (Å²) in [5.41, 5.74) is 0.501. The maximum Gasteiger partial charge on any atom is 0.260 e. The van der Waals surface area contributed by atoms with Crippen LogP contribution in [0.5, 0.6) is 11.5 Å². The highest BCUT2D eigenvalue weighted by Crippen LogP contribution is 2.28. The number of rotatable bonds is 7. The monoisotopic (exact) mass is 265 g/mol. The van der Waals surface area contributed by atoms with Crippen molar-refractivity contribution in [1.82, 2.24) is 5.32 Å². The quantitative estimate of drug-likeness (QED) is 0.763. The number of carbonyl (C=O) groups is 2. The van der Waals surface area contributed by atoms with Crippen LogP contribution in [0.25, 0.3) is 0 Å². The van der Waals surface area contributed by atoms with Crippen LogP contribution in [0.15, 0.2) is 18.2 Å². The van der Waals surface area contributed by atoms with E-state index in [-0.39, 0.29) is 5.91 Å². The minimum atomic E-state index is -0.624. The van der Waals surface area contributed by atoms with Gasteiger partial charge in [0.15, 0.2) is 17.6 Å². The zero-order valence-corrected chi connectivity index (χ0v) is 11.4. The van der Waals surface area contributed by atoms with Crippen molar-refractivity contribution in [3.05, 3.63) is 23.8 Å². The van der Waals surface area contributed by atoms with Gasteiger partial charge in [0.1, 0.15) is 6.29 Å². The van der Waals surface area contributed by atoms with Gasteiger partial charge in [-0.05, 0) is 39.0 Å². The first-order valence-electron chi connectivity index (χ1n) is 6.28. The van der Waals surface area contributed by atoms with E-state index >= 15 is 0 Å². The van der Waals surface area contributed by atoms with Gasteiger partial charge in [-0.2, -0.15) is 0 Å². The number of likely N-dealkylation sites (N-methyl/N-ethyl adjacent to an activating group) is 1. The molecule has 0 saturated heterocycles. The predicted molar refractivity (Wildman–Crippen MR) is 71.8 cm³/mol. The van der Waals surface area contributed by atoms with Gasteiger partial charge in [0, 0.05) is 12.1 Å². The Labute approximate surface area is 112 Å². The Morgan fingerprint density at radius 2 is 2.11 bits per heavy atom. The average molecular weight is 265 g/mol. The number of ether oxygens (including phenoxy) is 2. The van der Waals surface area contributed by atoms with Crippen molar-refractivity contribution in [2.24, 2.45) is 0 Å². The third-order valence-electron chi connectivity index (χ3n) is 2.43. The molecule has 5 nitrogen and oxygen atoms in total. The second-order valence-corrected chi connectivity index (χ2v) is 3.91. The molecule has 1 rings (SSSR count). The summed E-state index contributed by atoms with van der Waals surface area (Å²) in [4.78, 5) is 22.3. The van der Waals surface area contributed by atoms with E-state index in [2.05, 4.69) is 5.32 Å². The zero-order chi connectivity index (χ0) is 14.3. The molecule has 104 valence electrons. The molecule has 0 spiro atoms. The van der Waals surface area contributed by atoms with Gasteiger partial charge in [-0.1, -0.05) is 0 Å². The number of aldehydes is 1. The third-order valence-corrected chi connectivity index (χ3v) is 2.43. The molecule has 5 heteroatoms. The van der Waals surface area contributed by atoms with E-state index in [1.165, 1.54) is 0 Å². The molecule has 0 aromatic heterocycles. The van der Waals surface area contributed by atoms with E-state index in [4.69, 9.17) is 9.47 Å². The second kappa shape index (κ2) is 7.41. The maximum atomic E-state index is 11.6. The number of benzene rings is 1. The van der Waals surface area contributed by atoms with Gasteiger partial charge in [-0.3, -0.25) is 9.59 Å². The first-order chi connectivity index (χ1) is 9.12. The lowest BCUT2D eigenvalue weighted by atomic mass is 10.2. The molecule has 1 aromatic carbocycles. The van der Waals surface area contributed by atoms with Crippen molar-refractivity contribution < 1.29 is 19.1 Å². The van der Waals surface area contributed by atoms with Crippen molar-refractivity contribution in [3.63, 3.8) is 0 Å². The number of amides is 1. The van der Waals surface area contributed by atoms with Crippen LogP contribution in [0, 0.1) is 0 Å². The minimum absolute atomic E-state index is 0.190. The van der Waals surface area contributed by atoms with Crippen LogP contribution in [0.1, 0.15) is 31.1 Å². The summed E-state index contributed by atoms with van der Waals surface area (Å²) in [6.45, 7) is 6.34. The second-order valence-electron chi connectivity index (χ2n) is 3.91. The van der Waals surface area contributed by atoms with Gasteiger partial charge >= 0.3 is 0 Å². The molecule has 0 bridgehead atoms. The Kier molecular flexibility index (Phi) is 5.85. The topological polar surface area (TPSA) is 64.6 Å². The Balaban J connectivity index is 2.87. The summed E-state index contributed by atoms with van der Waals surface area (Å²) in [7, 11) is 0. The zero-order valence-electron chi connectivity index (χ0n) is 11.4. The largest absolute Gasteiger partial charge is 0.490 e. The highest BCUT2D eigenvalue weighted by Gasteiger charge is 2.16. The lowest BCUT2D eigenvalue weighted by molar-refractivity contribution is -0.127. The van der Waals surface area contributed by atoms with Gasteiger partial charge in [-0.25, -0.2) is 0 Å². The lowest BCUT2D eigenvalue weighted by Gasteiger charge is -2.17. The SMILES string of the molecule is CCNC(=O)[C@H](C)Oc1ccc(C=O)cc1OCC. The number of carbonyl (C=O) groups excluding carboxylic acids is 2. The molecular formula is C14H19NO4. The number of nitrogens with one attached hydrogen (secondary N) is 1. The van der Waals surface area contributed by atoms with Crippen LogP contribution >= 0.6 is 0 Å². The molecule has 0 fully saturated rings. The molecule has 0 saturated carbocycles. The highest BCUT2D eigenvalue weighted by atomic mass is 16.5.